The van der Waals surface area contributed by atoms with Gasteiger partial charge in [0.2, 0.25) is 0 Å². The highest BCUT2D eigenvalue weighted by Crippen LogP contribution is 2.43. The summed E-state index contributed by atoms with van der Waals surface area (Å²) in [6.07, 6.45) is 3.02. The average molecular weight is 418 g/mol. The summed E-state index contributed by atoms with van der Waals surface area (Å²) >= 11 is 7.79. The zero-order chi connectivity index (χ0) is 19.4. The van der Waals surface area contributed by atoms with Crippen molar-refractivity contribution in [1.82, 2.24) is 9.88 Å². The molecule has 0 radical (unpaired) electrons. The van der Waals surface area contributed by atoms with Crippen LogP contribution in [0.2, 0.25) is 5.02 Å². The predicted molar refractivity (Wildman–Crippen MR) is 109 cm³/mol. The Morgan fingerprint density at radius 2 is 2.00 bits per heavy atom. The molecule has 0 spiro atoms. The number of nitrogen functional groups attached to an aromatic ring is 1. The number of amides is 1. The van der Waals surface area contributed by atoms with Gasteiger partial charge in [0.1, 0.15) is 12.4 Å². The fraction of sp³-hybridized carbons (Fsp3) is 0.300. The Labute approximate surface area is 169 Å². The van der Waals surface area contributed by atoms with Crippen LogP contribution in [-0.4, -0.2) is 35.0 Å². The van der Waals surface area contributed by atoms with Gasteiger partial charge in [0.15, 0.2) is 10.9 Å². The Bertz CT molecular complexity index is 1120. The molecule has 5 nitrogen and oxygen atoms in total. The summed E-state index contributed by atoms with van der Waals surface area (Å²) in [7, 11) is 0. The van der Waals surface area contributed by atoms with Gasteiger partial charge in [-0.3, -0.25) is 4.79 Å². The molecule has 0 aliphatic carbocycles. The van der Waals surface area contributed by atoms with Crippen LogP contribution in [0.3, 0.4) is 0 Å². The number of carbonyl (C=O) groups excluding carboxylic acids is 1. The Morgan fingerprint density at radius 1 is 1.21 bits per heavy atom. The zero-order valence-electron chi connectivity index (χ0n) is 14.9. The number of carbonyl (C=O) groups is 1. The minimum Gasteiger partial charge on any atom is -0.489 e. The number of hydrogen-bond acceptors (Lipinski definition) is 5. The first-order valence-corrected chi connectivity index (χ1v) is 10.3. The molecule has 2 aliphatic rings. The van der Waals surface area contributed by atoms with Crippen LogP contribution in [0.1, 0.15) is 29.6 Å². The summed E-state index contributed by atoms with van der Waals surface area (Å²) in [5, 5.41) is 0.626. The van der Waals surface area contributed by atoms with Crippen molar-refractivity contribution in [2.45, 2.75) is 25.3 Å². The second-order valence-electron chi connectivity index (χ2n) is 7.09. The van der Waals surface area contributed by atoms with Gasteiger partial charge in [-0.15, -0.1) is 0 Å². The van der Waals surface area contributed by atoms with Gasteiger partial charge in [-0.2, -0.15) is 0 Å². The molecule has 2 N–H and O–H groups in total. The summed E-state index contributed by atoms with van der Waals surface area (Å²) in [6.45, 7) is 1.16. The van der Waals surface area contributed by atoms with E-state index in [1.165, 1.54) is 6.07 Å². The molecule has 1 amide bonds. The molecular weight excluding hydrogens is 401 g/mol. The molecule has 3 aromatic rings. The van der Waals surface area contributed by atoms with Crippen molar-refractivity contribution in [3.05, 3.63) is 40.7 Å². The lowest BCUT2D eigenvalue weighted by atomic mass is 10.00. The molecule has 144 valence electrons. The first kappa shape index (κ1) is 17.7. The van der Waals surface area contributed by atoms with Crippen LogP contribution in [0, 0.1) is 5.82 Å². The average Bonchev–Trinajstić information content (AvgIpc) is 3.03. The lowest BCUT2D eigenvalue weighted by Gasteiger charge is -2.33. The maximum absolute atomic E-state index is 14.2. The predicted octanol–water partition coefficient (Wildman–Crippen LogP) is 4.73. The van der Waals surface area contributed by atoms with Gasteiger partial charge in [0.25, 0.3) is 5.91 Å². The second-order valence-corrected chi connectivity index (χ2v) is 8.50. The van der Waals surface area contributed by atoms with E-state index in [1.807, 2.05) is 4.90 Å². The lowest BCUT2D eigenvalue weighted by Crippen LogP contribution is -2.45. The molecule has 0 saturated carbocycles. The normalized spacial score (nSPS) is 19.1. The third kappa shape index (κ3) is 2.64. The van der Waals surface area contributed by atoms with Crippen LogP contribution in [0.5, 0.6) is 5.75 Å². The maximum atomic E-state index is 14.2. The number of benzene rings is 2. The number of hydrogen-bond donors (Lipinski definition) is 1. The van der Waals surface area contributed by atoms with Gasteiger partial charge in [-0.25, -0.2) is 9.37 Å². The molecule has 2 aliphatic heterocycles. The van der Waals surface area contributed by atoms with E-state index in [-0.39, 0.29) is 22.9 Å². The molecule has 1 atom stereocenters. The van der Waals surface area contributed by atoms with Crippen molar-refractivity contribution in [1.29, 1.82) is 0 Å². The van der Waals surface area contributed by atoms with Crippen LogP contribution < -0.4 is 10.5 Å². The third-order valence-electron chi connectivity index (χ3n) is 5.44. The number of rotatable bonds is 1. The standard InChI is InChI=1S/C20H17ClFN3O2S/c21-15-11(12-6-7-14(22)18-16(12)24-20(23)28-18)4-5-13-17(15)27-9-10-3-1-2-8-25(10)19(13)26/h4-7,10H,1-3,8-9H2,(H2,23,24)/t10-/m1/s1. The smallest absolute Gasteiger partial charge is 0.258 e. The molecule has 0 bridgehead atoms. The Morgan fingerprint density at radius 3 is 2.86 bits per heavy atom. The van der Waals surface area contributed by atoms with Crippen molar-refractivity contribution >= 4 is 44.2 Å². The molecule has 1 aromatic heterocycles. The second kappa shape index (κ2) is 6.60. The van der Waals surface area contributed by atoms with Gasteiger partial charge in [-0.05, 0) is 37.5 Å². The molecule has 0 unspecified atom stereocenters. The molecule has 2 aromatic carbocycles. The van der Waals surface area contributed by atoms with E-state index in [9.17, 15) is 9.18 Å². The molecule has 3 heterocycles. The zero-order valence-corrected chi connectivity index (χ0v) is 16.4. The first-order chi connectivity index (χ1) is 13.5. The number of ether oxygens (including phenoxy) is 1. The van der Waals surface area contributed by atoms with Crippen LogP contribution in [0.25, 0.3) is 21.3 Å². The van der Waals surface area contributed by atoms with Gasteiger partial charge < -0.3 is 15.4 Å². The van der Waals surface area contributed by atoms with Gasteiger partial charge >= 0.3 is 0 Å². The molecule has 8 heteroatoms. The van der Waals surface area contributed by atoms with Crippen molar-refractivity contribution < 1.29 is 13.9 Å². The number of nitrogens with zero attached hydrogens (tertiary/aromatic N) is 2. The minimum absolute atomic E-state index is 0.0483. The highest BCUT2D eigenvalue weighted by molar-refractivity contribution is 7.22. The number of aromatic nitrogens is 1. The highest BCUT2D eigenvalue weighted by Gasteiger charge is 2.34. The summed E-state index contributed by atoms with van der Waals surface area (Å²) in [4.78, 5) is 19.2. The third-order valence-corrected chi connectivity index (χ3v) is 6.71. The van der Waals surface area contributed by atoms with Gasteiger partial charge in [0.05, 0.1) is 26.8 Å². The van der Waals surface area contributed by atoms with E-state index < -0.39 is 0 Å². The lowest BCUT2D eigenvalue weighted by molar-refractivity contribution is 0.0578. The van der Waals surface area contributed by atoms with Crippen LogP contribution in [-0.2, 0) is 0 Å². The van der Waals surface area contributed by atoms with Crippen molar-refractivity contribution in [3.8, 4) is 16.9 Å². The highest BCUT2D eigenvalue weighted by atomic mass is 35.5. The van der Waals surface area contributed by atoms with Crippen molar-refractivity contribution in [2.75, 3.05) is 18.9 Å². The van der Waals surface area contributed by atoms with E-state index in [0.717, 1.165) is 37.1 Å². The summed E-state index contributed by atoms with van der Waals surface area (Å²) in [5.41, 5.74) is 8.03. The minimum atomic E-state index is -0.373. The number of nitrogens with two attached hydrogens (primary N) is 1. The SMILES string of the molecule is Nc1nc2c(-c3ccc4c(c3Cl)OC[C@H]3CCCCN3C4=O)ccc(F)c2s1. The summed E-state index contributed by atoms with van der Waals surface area (Å²) in [5.74, 6) is -0.0332. The Kier molecular flexibility index (Phi) is 4.17. The largest absolute Gasteiger partial charge is 0.489 e. The Balaban J connectivity index is 1.66. The fourth-order valence-corrected chi connectivity index (χ4v) is 5.14. The summed E-state index contributed by atoms with van der Waals surface area (Å²) < 4.78 is 20.5. The van der Waals surface area contributed by atoms with E-state index in [0.29, 0.717) is 44.3 Å². The quantitative estimate of drug-likeness (QED) is 0.621. The van der Waals surface area contributed by atoms with Crippen LogP contribution in [0.15, 0.2) is 24.3 Å². The molecular formula is C20H17ClFN3O2S. The van der Waals surface area contributed by atoms with E-state index in [4.69, 9.17) is 22.1 Å². The maximum Gasteiger partial charge on any atom is 0.258 e. The topological polar surface area (TPSA) is 68.5 Å². The molecule has 1 fully saturated rings. The number of anilines is 1. The van der Waals surface area contributed by atoms with Crippen LogP contribution in [0.4, 0.5) is 9.52 Å². The first-order valence-electron chi connectivity index (χ1n) is 9.15. The molecule has 1 saturated heterocycles. The van der Waals surface area contributed by atoms with Gasteiger partial charge in [-0.1, -0.05) is 29.0 Å². The monoisotopic (exact) mass is 417 g/mol. The van der Waals surface area contributed by atoms with Crippen molar-refractivity contribution in [2.24, 2.45) is 0 Å². The number of piperidine rings is 1. The van der Waals surface area contributed by atoms with E-state index >= 15 is 0 Å². The Hall–Kier alpha value is -2.38. The molecule has 28 heavy (non-hydrogen) atoms. The number of fused-ring (bicyclic) bond motifs is 3. The summed E-state index contributed by atoms with van der Waals surface area (Å²) in [6, 6.07) is 6.59. The van der Waals surface area contributed by atoms with E-state index in [2.05, 4.69) is 4.98 Å². The molecule has 5 rings (SSSR count). The van der Waals surface area contributed by atoms with E-state index in [1.54, 1.807) is 18.2 Å². The van der Waals surface area contributed by atoms with Crippen LogP contribution >= 0.6 is 22.9 Å². The van der Waals surface area contributed by atoms with Crippen molar-refractivity contribution in [3.63, 3.8) is 0 Å². The number of thiazole rings is 1. The number of halogens is 2. The fourth-order valence-electron chi connectivity index (χ4n) is 4.06. The van der Waals surface area contributed by atoms with Gasteiger partial charge in [0, 0.05) is 17.7 Å².